The van der Waals surface area contributed by atoms with E-state index in [2.05, 4.69) is 14.8 Å². The molecule has 0 unspecified atom stereocenters. The number of amides is 1. The van der Waals surface area contributed by atoms with Crippen LogP contribution in [0.15, 0.2) is 30.9 Å². The topological polar surface area (TPSA) is 120 Å². The van der Waals surface area contributed by atoms with Crippen LogP contribution in [0.1, 0.15) is 12.5 Å². The molecule has 0 fully saturated rings. The number of nitro groups is 1. The number of hydrogen-bond donors (Lipinski definition) is 0. The predicted octanol–water partition coefficient (Wildman–Crippen LogP) is 1.63. The minimum absolute atomic E-state index is 0.102. The number of alkyl halides is 3. The van der Waals surface area contributed by atoms with Crippen molar-refractivity contribution in [3.05, 3.63) is 46.5 Å². The summed E-state index contributed by atoms with van der Waals surface area (Å²) in [7, 11) is 0. The molecule has 0 bridgehead atoms. The van der Waals surface area contributed by atoms with Gasteiger partial charge in [-0.2, -0.15) is 18.3 Å². The SMILES string of the molecule is CCOC(=O)CN(Cc1cc(-n2cncn2)ccc1[N+](=O)[O-])C(=O)C(F)(F)F. The van der Waals surface area contributed by atoms with Gasteiger partial charge in [0.2, 0.25) is 0 Å². The van der Waals surface area contributed by atoms with Gasteiger partial charge in [-0.25, -0.2) is 9.67 Å². The van der Waals surface area contributed by atoms with Gasteiger partial charge in [-0.1, -0.05) is 0 Å². The molecule has 0 aliphatic rings. The number of carbonyl (C=O) groups is 2. The highest BCUT2D eigenvalue weighted by Gasteiger charge is 2.43. The number of esters is 1. The molecular weight excluding hydrogens is 387 g/mol. The predicted molar refractivity (Wildman–Crippen MR) is 86.1 cm³/mol. The Morgan fingerprint density at radius 2 is 2.07 bits per heavy atom. The molecule has 2 rings (SSSR count). The van der Waals surface area contributed by atoms with Crippen molar-refractivity contribution in [1.82, 2.24) is 19.7 Å². The second kappa shape index (κ2) is 8.45. The van der Waals surface area contributed by atoms with Crippen molar-refractivity contribution in [3.8, 4) is 5.69 Å². The molecule has 1 aromatic heterocycles. The Morgan fingerprint density at radius 3 is 2.61 bits per heavy atom. The minimum Gasteiger partial charge on any atom is -0.465 e. The van der Waals surface area contributed by atoms with Crippen molar-refractivity contribution in [2.75, 3.05) is 13.2 Å². The molecule has 0 N–H and O–H groups in total. The van der Waals surface area contributed by atoms with Gasteiger partial charge >= 0.3 is 18.1 Å². The zero-order chi connectivity index (χ0) is 20.9. The summed E-state index contributed by atoms with van der Waals surface area (Å²) in [6.45, 7) is -0.512. The number of ether oxygens (including phenoxy) is 1. The Hall–Kier alpha value is -3.51. The minimum atomic E-state index is -5.27. The van der Waals surface area contributed by atoms with Gasteiger partial charge in [0.1, 0.15) is 19.2 Å². The Labute approximate surface area is 155 Å². The van der Waals surface area contributed by atoms with E-state index in [4.69, 9.17) is 0 Å². The van der Waals surface area contributed by atoms with E-state index in [0.717, 1.165) is 6.07 Å². The molecule has 0 atom stereocenters. The van der Waals surface area contributed by atoms with Crippen LogP contribution in [0.5, 0.6) is 0 Å². The maximum absolute atomic E-state index is 12.9. The summed E-state index contributed by atoms with van der Waals surface area (Å²) >= 11 is 0. The lowest BCUT2D eigenvalue weighted by Crippen LogP contribution is -2.43. The molecule has 0 aliphatic carbocycles. The number of nitrogens with zero attached hydrogens (tertiary/aromatic N) is 5. The number of rotatable bonds is 7. The summed E-state index contributed by atoms with van der Waals surface area (Å²) in [5.74, 6) is -3.39. The average molecular weight is 401 g/mol. The normalized spacial score (nSPS) is 11.1. The maximum Gasteiger partial charge on any atom is 0.471 e. The Bertz CT molecular complexity index is 869. The van der Waals surface area contributed by atoms with Crippen LogP contribution in [0.25, 0.3) is 5.69 Å². The number of nitro benzene ring substituents is 1. The third kappa shape index (κ3) is 5.02. The van der Waals surface area contributed by atoms with Crippen LogP contribution in [-0.2, 0) is 20.9 Å². The Morgan fingerprint density at radius 1 is 1.36 bits per heavy atom. The Balaban J connectivity index is 2.42. The average Bonchev–Trinajstić information content (AvgIpc) is 3.14. The highest BCUT2D eigenvalue weighted by Crippen LogP contribution is 2.26. The molecule has 13 heteroatoms. The lowest BCUT2D eigenvalue weighted by Gasteiger charge is -2.23. The van der Waals surface area contributed by atoms with Crippen LogP contribution in [0.3, 0.4) is 0 Å². The van der Waals surface area contributed by atoms with E-state index in [9.17, 15) is 32.9 Å². The van der Waals surface area contributed by atoms with Crippen LogP contribution < -0.4 is 0 Å². The number of aromatic nitrogens is 3. The van der Waals surface area contributed by atoms with Gasteiger partial charge < -0.3 is 9.64 Å². The highest BCUT2D eigenvalue weighted by atomic mass is 19.4. The molecular formula is C15H14F3N5O5. The van der Waals surface area contributed by atoms with Crippen LogP contribution >= 0.6 is 0 Å². The van der Waals surface area contributed by atoms with Gasteiger partial charge in [0, 0.05) is 6.07 Å². The molecule has 150 valence electrons. The lowest BCUT2D eigenvalue weighted by molar-refractivity contribution is -0.385. The Kier molecular flexibility index (Phi) is 6.28. The molecule has 1 amide bonds. The van der Waals surface area contributed by atoms with E-state index in [0.29, 0.717) is 0 Å². The molecule has 0 spiro atoms. The van der Waals surface area contributed by atoms with Crippen molar-refractivity contribution in [1.29, 1.82) is 0 Å². The second-order valence-electron chi connectivity index (χ2n) is 5.37. The summed E-state index contributed by atoms with van der Waals surface area (Å²) in [6.07, 6.45) is -2.80. The number of hydrogen-bond acceptors (Lipinski definition) is 7. The van der Waals surface area contributed by atoms with E-state index in [1.54, 1.807) is 0 Å². The van der Waals surface area contributed by atoms with E-state index in [1.807, 2.05) is 0 Å². The van der Waals surface area contributed by atoms with Crippen molar-refractivity contribution in [2.24, 2.45) is 0 Å². The quantitative estimate of drug-likeness (QED) is 0.393. The molecule has 2 aromatic rings. The van der Waals surface area contributed by atoms with Crippen LogP contribution in [0, 0.1) is 10.1 Å². The monoisotopic (exact) mass is 401 g/mol. The van der Waals surface area contributed by atoms with Gasteiger partial charge in [0.05, 0.1) is 29.3 Å². The van der Waals surface area contributed by atoms with Crippen molar-refractivity contribution >= 4 is 17.6 Å². The first kappa shape index (κ1) is 20.8. The molecule has 1 aromatic carbocycles. The van der Waals surface area contributed by atoms with E-state index >= 15 is 0 Å². The first-order valence-electron chi connectivity index (χ1n) is 7.77. The first-order chi connectivity index (χ1) is 13.1. The third-order valence-corrected chi connectivity index (χ3v) is 3.46. The zero-order valence-electron chi connectivity index (χ0n) is 14.4. The summed E-state index contributed by atoms with van der Waals surface area (Å²) in [6, 6.07) is 3.57. The standard InChI is InChI=1S/C15H14F3N5O5/c1-2-28-13(24)7-21(14(25)15(16,17)18)6-10-5-11(22-9-19-8-20-22)3-4-12(10)23(26)27/h3-5,8-9H,2,6-7H2,1H3. The molecule has 0 saturated carbocycles. The summed E-state index contributed by atoms with van der Waals surface area (Å²) < 4.78 is 44.5. The molecule has 10 nitrogen and oxygen atoms in total. The van der Waals surface area contributed by atoms with Gasteiger partial charge in [0.25, 0.3) is 5.69 Å². The molecule has 1 heterocycles. The summed E-state index contributed by atoms with van der Waals surface area (Å²) in [5.41, 5.74) is -0.471. The van der Waals surface area contributed by atoms with Crippen molar-refractivity contribution in [2.45, 2.75) is 19.6 Å². The summed E-state index contributed by atoms with van der Waals surface area (Å²) in [4.78, 5) is 37.6. The van der Waals surface area contributed by atoms with Gasteiger partial charge in [-0.3, -0.25) is 19.7 Å². The highest BCUT2D eigenvalue weighted by molar-refractivity contribution is 5.86. The fourth-order valence-corrected chi connectivity index (χ4v) is 2.31. The number of halogens is 3. The lowest BCUT2D eigenvalue weighted by atomic mass is 10.1. The first-order valence-corrected chi connectivity index (χ1v) is 7.77. The molecule has 0 aliphatic heterocycles. The molecule has 28 heavy (non-hydrogen) atoms. The molecule has 0 saturated heterocycles. The van der Waals surface area contributed by atoms with Crippen LogP contribution in [0.2, 0.25) is 0 Å². The smallest absolute Gasteiger partial charge is 0.465 e. The summed E-state index contributed by atoms with van der Waals surface area (Å²) in [5, 5.41) is 15.1. The van der Waals surface area contributed by atoms with Gasteiger partial charge in [-0.05, 0) is 19.1 Å². The van der Waals surface area contributed by atoms with Crippen molar-refractivity contribution in [3.63, 3.8) is 0 Å². The third-order valence-electron chi connectivity index (χ3n) is 3.46. The van der Waals surface area contributed by atoms with Crippen molar-refractivity contribution < 1.29 is 32.4 Å². The van der Waals surface area contributed by atoms with E-state index < -0.39 is 41.8 Å². The number of benzene rings is 1. The fourth-order valence-electron chi connectivity index (χ4n) is 2.31. The zero-order valence-corrected chi connectivity index (χ0v) is 14.4. The van der Waals surface area contributed by atoms with Crippen LogP contribution in [-0.4, -0.2) is 55.8 Å². The molecule has 0 radical (unpaired) electrons. The maximum atomic E-state index is 12.9. The van der Waals surface area contributed by atoms with E-state index in [1.165, 1.54) is 36.4 Å². The van der Waals surface area contributed by atoms with Gasteiger partial charge in [0.15, 0.2) is 0 Å². The van der Waals surface area contributed by atoms with E-state index in [-0.39, 0.29) is 22.8 Å². The second-order valence-corrected chi connectivity index (χ2v) is 5.37. The fraction of sp³-hybridized carbons (Fsp3) is 0.333. The van der Waals surface area contributed by atoms with Crippen LogP contribution in [0.4, 0.5) is 18.9 Å². The van der Waals surface area contributed by atoms with Gasteiger partial charge in [-0.15, -0.1) is 0 Å². The largest absolute Gasteiger partial charge is 0.471 e. The number of carbonyl (C=O) groups excluding carboxylic acids is 2.